The number of furan rings is 1. The van der Waals surface area contributed by atoms with Crippen molar-refractivity contribution in [2.24, 2.45) is 35.5 Å². The van der Waals surface area contributed by atoms with Crippen LogP contribution in [0.25, 0.3) is 0 Å². The Morgan fingerprint density at radius 2 is 1.76 bits per heavy atom. The number of allylic oxidation sites excluding steroid dienone is 2. The Kier molecular flexibility index (Phi) is 3.43. The van der Waals surface area contributed by atoms with Crippen LogP contribution in [-0.2, 0) is 16.1 Å². The average Bonchev–Trinajstić information content (AvgIpc) is 3.33. The Morgan fingerprint density at radius 1 is 1.03 bits per heavy atom. The zero-order chi connectivity index (χ0) is 19.7. The molecule has 1 aromatic carbocycles. The summed E-state index contributed by atoms with van der Waals surface area (Å²) in [5.74, 6) is 1.20. The molecule has 2 bridgehead atoms. The molecule has 1 aromatic heterocycles. The number of anilines is 1. The first kappa shape index (κ1) is 16.8. The standard InChI is InChI=1S/C23H20N2O4/c26-21(24-11-14-5-2-8-29-14)12-3-1-4-13(9-12)25-22(27)19-15-6-7-16(18-10-17(15)18)20(19)23(25)28/h1-9,15-20H,10-11H2,(H,24,26)/t15-,16-,17-,18+,19+,20+/m0/s1. The summed E-state index contributed by atoms with van der Waals surface area (Å²) >= 11 is 0. The number of amides is 3. The molecule has 29 heavy (non-hydrogen) atoms. The zero-order valence-corrected chi connectivity index (χ0v) is 15.7. The van der Waals surface area contributed by atoms with Crippen molar-refractivity contribution < 1.29 is 18.8 Å². The highest BCUT2D eigenvalue weighted by atomic mass is 16.3. The van der Waals surface area contributed by atoms with Crippen LogP contribution in [0.1, 0.15) is 22.5 Å². The van der Waals surface area contributed by atoms with Gasteiger partial charge in [-0.1, -0.05) is 18.2 Å². The molecule has 2 aromatic rings. The predicted molar refractivity (Wildman–Crippen MR) is 104 cm³/mol. The van der Waals surface area contributed by atoms with Gasteiger partial charge in [-0.05, 0) is 60.4 Å². The van der Waals surface area contributed by atoms with Crippen LogP contribution in [0.15, 0.2) is 59.2 Å². The highest BCUT2D eigenvalue weighted by Crippen LogP contribution is 2.65. The Hall–Kier alpha value is -3.15. The lowest BCUT2D eigenvalue weighted by atomic mass is 9.63. The van der Waals surface area contributed by atoms with E-state index in [-0.39, 0.29) is 47.9 Å². The summed E-state index contributed by atoms with van der Waals surface area (Å²) in [5, 5.41) is 2.80. The highest BCUT2D eigenvalue weighted by molar-refractivity contribution is 6.23. The minimum Gasteiger partial charge on any atom is -0.467 e. The maximum absolute atomic E-state index is 13.2. The molecule has 1 N–H and O–H groups in total. The van der Waals surface area contributed by atoms with Gasteiger partial charge in [0.15, 0.2) is 0 Å². The minimum atomic E-state index is -0.275. The molecule has 2 saturated carbocycles. The molecule has 0 spiro atoms. The number of nitrogens with one attached hydrogen (secondary N) is 1. The molecule has 3 fully saturated rings. The highest BCUT2D eigenvalue weighted by Gasteiger charge is 2.67. The van der Waals surface area contributed by atoms with Crippen LogP contribution < -0.4 is 10.2 Å². The van der Waals surface area contributed by atoms with Crippen LogP contribution in [-0.4, -0.2) is 17.7 Å². The molecule has 4 aliphatic carbocycles. The van der Waals surface area contributed by atoms with Gasteiger partial charge in [0.25, 0.3) is 5.91 Å². The molecule has 146 valence electrons. The van der Waals surface area contributed by atoms with Gasteiger partial charge in [0.1, 0.15) is 5.76 Å². The average molecular weight is 388 g/mol. The molecule has 1 saturated heterocycles. The summed E-state index contributed by atoms with van der Waals surface area (Å²) in [7, 11) is 0. The lowest BCUT2D eigenvalue weighted by Gasteiger charge is -2.37. The van der Waals surface area contributed by atoms with Crippen LogP contribution in [0.4, 0.5) is 5.69 Å². The summed E-state index contributed by atoms with van der Waals surface area (Å²) in [6, 6.07) is 10.3. The molecule has 0 radical (unpaired) electrons. The van der Waals surface area contributed by atoms with Crippen LogP contribution in [0.3, 0.4) is 0 Å². The smallest absolute Gasteiger partial charge is 0.251 e. The van der Waals surface area contributed by atoms with Crippen molar-refractivity contribution in [3.05, 3.63) is 66.1 Å². The number of carbonyl (C=O) groups is 3. The first-order valence-electron chi connectivity index (χ1n) is 10.1. The molecular weight excluding hydrogens is 368 g/mol. The number of hydrogen-bond donors (Lipinski definition) is 1. The van der Waals surface area contributed by atoms with Crippen molar-refractivity contribution in [1.29, 1.82) is 0 Å². The maximum atomic E-state index is 13.2. The normalized spacial score (nSPS) is 33.6. The van der Waals surface area contributed by atoms with E-state index in [0.29, 0.717) is 28.8 Å². The monoisotopic (exact) mass is 388 g/mol. The molecule has 0 unspecified atom stereocenters. The molecule has 2 heterocycles. The van der Waals surface area contributed by atoms with E-state index in [0.717, 1.165) is 6.42 Å². The third-order valence-electron chi connectivity index (χ3n) is 7.03. The molecule has 6 atom stereocenters. The van der Waals surface area contributed by atoms with E-state index in [1.807, 2.05) is 0 Å². The SMILES string of the molecule is O=C(NCc1ccco1)c1cccc(N2C(=O)[C@@H]3[C@H]4C=C[C@@H]([C@@H]5C[C@H]45)[C@H]3C2=O)c1. The molecular formula is C23H20N2O4. The van der Waals surface area contributed by atoms with Gasteiger partial charge < -0.3 is 9.73 Å². The van der Waals surface area contributed by atoms with E-state index in [1.165, 1.54) is 4.90 Å². The van der Waals surface area contributed by atoms with Gasteiger partial charge >= 0.3 is 0 Å². The van der Waals surface area contributed by atoms with Crippen molar-refractivity contribution in [2.75, 3.05) is 4.90 Å². The molecule has 6 heteroatoms. The summed E-state index contributed by atoms with van der Waals surface area (Å²) in [5.41, 5.74) is 0.890. The second-order valence-electron chi connectivity index (χ2n) is 8.48. The van der Waals surface area contributed by atoms with Crippen molar-refractivity contribution >= 4 is 23.4 Å². The van der Waals surface area contributed by atoms with Gasteiger partial charge in [-0.3, -0.25) is 14.4 Å². The lowest BCUT2D eigenvalue weighted by Crippen LogP contribution is -2.40. The van der Waals surface area contributed by atoms with Crippen LogP contribution in [0, 0.1) is 35.5 Å². The third-order valence-corrected chi connectivity index (χ3v) is 7.03. The third kappa shape index (κ3) is 2.38. The second-order valence-corrected chi connectivity index (χ2v) is 8.48. The van der Waals surface area contributed by atoms with Crippen LogP contribution in [0.2, 0.25) is 0 Å². The zero-order valence-electron chi connectivity index (χ0n) is 15.7. The van der Waals surface area contributed by atoms with E-state index in [1.54, 1.807) is 42.7 Å². The Labute approximate surface area is 167 Å². The molecule has 6 nitrogen and oxygen atoms in total. The van der Waals surface area contributed by atoms with E-state index < -0.39 is 0 Å². The van der Waals surface area contributed by atoms with Gasteiger partial charge in [-0.25, -0.2) is 4.90 Å². The minimum absolute atomic E-state index is 0.113. The number of hydrogen-bond acceptors (Lipinski definition) is 4. The molecule has 5 aliphatic rings. The summed E-state index contributed by atoms with van der Waals surface area (Å²) in [6.07, 6.45) is 7.01. The first-order valence-corrected chi connectivity index (χ1v) is 10.1. The van der Waals surface area contributed by atoms with E-state index in [9.17, 15) is 14.4 Å². The van der Waals surface area contributed by atoms with Crippen molar-refractivity contribution in [3.8, 4) is 0 Å². The Morgan fingerprint density at radius 3 is 2.41 bits per heavy atom. The maximum Gasteiger partial charge on any atom is 0.251 e. The lowest BCUT2D eigenvalue weighted by molar-refractivity contribution is -0.124. The van der Waals surface area contributed by atoms with Gasteiger partial charge in [0.05, 0.1) is 30.3 Å². The molecule has 3 amide bonds. The van der Waals surface area contributed by atoms with E-state index in [4.69, 9.17) is 4.42 Å². The summed E-state index contributed by atoms with van der Waals surface area (Å²) in [6.45, 7) is 0.277. The fraction of sp³-hybridized carbons (Fsp3) is 0.348. The molecule has 1 aliphatic heterocycles. The number of benzene rings is 1. The van der Waals surface area contributed by atoms with Crippen LogP contribution in [0.5, 0.6) is 0 Å². The number of nitrogens with zero attached hydrogens (tertiary/aromatic N) is 1. The quantitative estimate of drug-likeness (QED) is 0.645. The number of rotatable bonds is 4. The number of imide groups is 1. The van der Waals surface area contributed by atoms with Gasteiger partial charge in [0.2, 0.25) is 11.8 Å². The van der Waals surface area contributed by atoms with Gasteiger partial charge in [-0.2, -0.15) is 0 Å². The van der Waals surface area contributed by atoms with E-state index >= 15 is 0 Å². The summed E-state index contributed by atoms with van der Waals surface area (Å²) in [4.78, 5) is 40.3. The van der Waals surface area contributed by atoms with Crippen LogP contribution >= 0.6 is 0 Å². The fourth-order valence-corrected chi connectivity index (χ4v) is 5.68. The van der Waals surface area contributed by atoms with Crippen molar-refractivity contribution in [2.45, 2.75) is 13.0 Å². The topological polar surface area (TPSA) is 79.6 Å². The first-order chi connectivity index (χ1) is 14.1. The van der Waals surface area contributed by atoms with E-state index in [2.05, 4.69) is 17.5 Å². The van der Waals surface area contributed by atoms with Gasteiger partial charge in [0, 0.05) is 5.56 Å². The predicted octanol–water partition coefficient (Wildman–Crippen LogP) is 2.77. The largest absolute Gasteiger partial charge is 0.467 e. The van der Waals surface area contributed by atoms with Gasteiger partial charge in [-0.15, -0.1) is 0 Å². The Bertz CT molecular complexity index is 1020. The fourth-order valence-electron chi connectivity index (χ4n) is 5.68. The van der Waals surface area contributed by atoms with Crippen molar-refractivity contribution in [3.63, 3.8) is 0 Å². The summed E-state index contributed by atoms with van der Waals surface area (Å²) < 4.78 is 5.23. The van der Waals surface area contributed by atoms with Crippen molar-refractivity contribution in [1.82, 2.24) is 5.32 Å². The number of carbonyl (C=O) groups excluding carboxylic acids is 3. The second kappa shape index (κ2) is 5.92. The Balaban J connectivity index is 1.26. The molecule has 7 rings (SSSR count).